The molecule has 0 bridgehead atoms. The smallest absolute Gasteiger partial charge is 0.354 e. The summed E-state index contributed by atoms with van der Waals surface area (Å²) in [5.74, 6) is 0.588. The summed E-state index contributed by atoms with van der Waals surface area (Å²) in [7, 11) is 1.76. The van der Waals surface area contributed by atoms with Crippen molar-refractivity contribution < 1.29 is 0 Å². The molecule has 2 heterocycles. The lowest BCUT2D eigenvalue weighted by Gasteiger charge is -2.12. The Bertz CT molecular complexity index is 824. The topological polar surface area (TPSA) is 59.8 Å². The van der Waals surface area contributed by atoms with Crippen molar-refractivity contribution in [3.05, 3.63) is 58.8 Å². The van der Waals surface area contributed by atoms with Crippen molar-refractivity contribution in [2.24, 2.45) is 0 Å². The van der Waals surface area contributed by atoms with Gasteiger partial charge in [0.25, 0.3) is 0 Å². The van der Waals surface area contributed by atoms with E-state index in [0.29, 0.717) is 11.5 Å². The van der Waals surface area contributed by atoms with E-state index in [2.05, 4.69) is 15.3 Å². The predicted octanol–water partition coefficient (Wildman–Crippen LogP) is 2.13. The van der Waals surface area contributed by atoms with Gasteiger partial charge < -0.3 is 5.32 Å². The van der Waals surface area contributed by atoms with Crippen molar-refractivity contribution in [3.8, 4) is 5.69 Å². The first-order valence-corrected chi connectivity index (χ1v) is 6.32. The highest BCUT2D eigenvalue weighted by Gasteiger charge is 2.11. The maximum absolute atomic E-state index is 12.3. The molecule has 3 aromatic rings. The van der Waals surface area contributed by atoms with Crippen LogP contribution in [0.4, 0.5) is 5.82 Å². The average molecular weight is 266 g/mol. The minimum absolute atomic E-state index is 0.319. The van der Waals surface area contributed by atoms with Gasteiger partial charge in [0.2, 0.25) is 0 Å². The number of aryl methyl sites for hydroxylation is 1. The highest BCUT2D eigenvalue weighted by molar-refractivity contribution is 5.90. The molecular weight excluding hydrogens is 252 g/mol. The van der Waals surface area contributed by atoms with Crippen molar-refractivity contribution in [1.29, 1.82) is 0 Å². The van der Waals surface area contributed by atoms with E-state index in [1.165, 1.54) is 0 Å². The van der Waals surface area contributed by atoms with E-state index in [4.69, 9.17) is 0 Å². The van der Waals surface area contributed by atoms with Gasteiger partial charge in [-0.15, -0.1) is 0 Å². The van der Waals surface area contributed by atoms with E-state index in [1.807, 2.05) is 31.2 Å². The van der Waals surface area contributed by atoms with Crippen molar-refractivity contribution >= 4 is 16.7 Å². The Morgan fingerprint density at radius 2 is 2.10 bits per heavy atom. The number of hydrogen-bond acceptors (Lipinski definition) is 4. The lowest BCUT2D eigenvalue weighted by Crippen LogP contribution is -2.23. The molecule has 3 rings (SSSR count). The number of rotatable bonds is 2. The van der Waals surface area contributed by atoms with Crippen molar-refractivity contribution in [2.45, 2.75) is 6.92 Å². The van der Waals surface area contributed by atoms with E-state index < -0.39 is 0 Å². The predicted molar refractivity (Wildman–Crippen MR) is 79.4 cm³/mol. The Labute approximate surface area is 115 Å². The van der Waals surface area contributed by atoms with Gasteiger partial charge >= 0.3 is 5.69 Å². The number of hydrogen-bond donors (Lipinski definition) is 1. The van der Waals surface area contributed by atoms with Gasteiger partial charge in [-0.2, -0.15) is 4.98 Å². The van der Waals surface area contributed by atoms with Crippen molar-refractivity contribution in [1.82, 2.24) is 14.5 Å². The molecule has 0 amide bonds. The van der Waals surface area contributed by atoms with Gasteiger partial charge in [0.1, 0.15) is 5.82 Å². The SMILES string of the molecule is CNc1nc(=O)n(-c2cccnc2)c2cc(C)ccc12. The third kappa shape index (κ3) is 1.93. The minimum atomic E-state index is -0.319. The van der Waals surface area contributed by atoms with Gasteiger partial charge in [0.15, 0.2) is 0 Å². The molecule has 0 atom stereocenters. The van der Waals surface area contributed by atoms with E-state index in [9.17, 15) is 4.79 Å². The van der Waals surface area contributed by atoms with Crippen LogP contribution >= 0.6 is 0 Å². The normalized spacial score (nSPS) is 10.7. The number of anilines is 1. The highest BCUT2D eigenvalue weighted by Crippen LogP contribution is 2.22. The fourth-order valence-corrected chi connectivity index (χ4v) is 2.26. The second-order valence-electron chi connectivity index (χ2n) is 4.56. The summed E-state index contributed by atoms with van der Waals surface area (Å²) in [6.45, 7) is 2.00. The second kappa shape index (κ2) is 4.77. The molecule has 1 N–H and O–H groups in total. The van der Waals surface area contributed by atoms with Gasteiger partial charge in [0, 0.05) is 18.6 Å². The van der Waals surface area contributed by atoms with Crippen LogP contribution in [0.2, 0.25) is 0 Å². The first-order chi connectivity index (χ1) is 9.70. The Hall–Kier alpha value is -2.69. The molecule has 5 heteroatoms. The standard InChI is InChI=1S/C15H14N4O/c1-10-5-6-12-13(8-10)19(11-4-3-7-17-9-11)15(20)18-14(12)16-2/h3-9H,1-2H3,(H,16,18,20). The number of pyridine rings is 1. The maximum Gasteiger partial charge on any atom is 0.354 e. The molecule has 0 aliphatic rings. The quantitative estimate of drug-likeness (QED) is 0.772. The molecule has 0 saturated carbocycles. The molecule has 1 aromatic carbocycles. The fraction of sp³-hybridized carbons (Fsp3) is 0.133. The third-order valence-electron chi connectivity index (χ3n) is 3.19. The summed E-state index contributed by atoms with van der Waals surface area (Å²) in [5.41, 5.74) is 2.30. The van der Waals surface area contributed by atoms with Crippen LogP contribution in [-0.4, -0.2) is 21.6 Å². The van der Waals surface area contributed by atoms with E-state index in [1.54, 1.807) is 30.1 Å². The third-order valence-corrected chi connectivity index (χ3v) is 3.19. The molecule has 100 valence electrons. The van der Waals surface area contributed by atoms with E-state index >= 15 is 0 Å². The van der Waals surface area contributed by atoms with Gasteiger partial charge in [-0.3, -0.25) is 9.55 Å². The number of fused-ring (bicyclic) bond motifs is 1. The summed E-state index contributed by atoms with van der Waals surface area (Å²) in [4.78, 5) is 20.5. The molecule has 2 aromatic heterocycles. The molecule has 0 aliphatic carbocycles. The summed E-state index contributed by atoms with van der Waals surface area (Å²) in [6, 6.07) is 9.59. The molecule has 5 nitrogen and oxygen atoms in total. The van der Waals surface area contributed by atoms with Crippen LogP contribution < -0.4 is 11.0 Å². The Morgan fingerprint density at radius 3 is 2.80 bits per heavy atom. The van der Waals surface area contributed by atoms with Gasteiger partial charge in [-0.25, -0.2) is 4.79 Å². The summed E-state index contributed by atoms with van der Waals surface area (Å²) in [5, 5.41) is 3.87. The number of benzene rings is 1. The number of aromatic nitrogens is 3. The molecule has 0 fully saturated rings. The van der Waals surface area contributed by atoms with Crippen LogP contribution in [0.25, 0.3) is 16.6 Å². The summed E-state index contributed by atoms with van der Waals surface area (Å²) < 4.78 is 1.58. The first kappa shape index (κ1) is 12.3. The fourth-order valence-electron chi connectivity index (χ4n) is 2.26. The van der Waals surface area contributed by atoms with E-state index in [-0.39, 0.29) is 5.69 Å². The van der Waals surface area contributed by atoms with E-state index in [0.717, 1.165) is 16.5 Å². The zero-order chi connectivity index (χ0) is 14.1. The van der Waals surface area contributed by atoms with Crippen molar-refractivity contribution in [3.63, 3.8) is 0 Å². The molecule has 0 spiro atoms. The molecule has 0 unspecified atom stereocenters. The molecule has 0 saturated heterocycles. The van der Waals surface area contributed by atoms with Crippen LogP contribution in [-0.2, 0) is 0 Å². The lowest BCUT2D eigenvalue weighted by atomic mass is 10.1. The van der Waals surface area contributed by atoms with Crippen LogP contribution in [0.1, 0.15) is 5.56 Å². The zero-order valence-corrected chi connectivity index (χ0v) is 11.3. The average Bonchev–Trinajstić information content (AvgIpc) is 2.47. The van der Waals surface area contributed by atoms with Crippen LogP contribution in [0.3, 0.4) is 0 Å². The lowest BCUT2D eigenvalue weighted by molar-refractivity contribution is 0.952. The Kier molecular flexibility index (Phi) is 2.95. The summed E-state index contributed by atoms with van der Waals surface area (Å²) in [6.07, 6.45) is 3.33. The van der Waals surface area contributed by atoms with Crippen LogP contribution in [0, 0.1) is 6.92 Å². The highest BCUT2D eigenvalue weighted by atomic mass is 16.1. The number of nitrogens with one attached hydrogen (secondary N) is 1. The minimum Gasteiger partial charge on any atom is -0.372 e. The Balaban J connectivity index is 2.46. The maximum atomic E-state index is 12.3. The van der Waals surface area contributed by atoms with Crippen LogP contribution in [0.15, 0.2) is 47.5 Å². The molecule has 20 heavy (non-hydrogen) atoms. The monoisotopic (exact) mass is 266 g/mol. The van der Waals surface area contributed by atoms with Gasteiger partial charge in [-0.1, -0.05) is 6.07 Å². The van der Waals surface area contributed by atoms with Gasteiger partial charge in [0.05, 0.1) is 17.4 Å². The van der Waals surface area contributed by atoms with Gasteiger partial charge in [-0.05, 0) is 36.8 Å². The second-order valence-corrected chi connectivity index (χ2v) is 4.56. The number of nitrogens with zero attached hydrogens (tertiary/aromatic N) is 3. The van der Waals surface area contributed by atoms with Crippen molar-refractivity contribution in [2.75, 3.05) is 12.4 Å². The molecule has 0 radical (unpaired) electrons. The van der Waals surface area contributed by atoms with Crippen LogP contribution in [0.5, 0.6) is 0 Å². The summed E-state index contributed by atoms with van der Waals surface area (Å²) >= 11 is 0. The Morgan fingerprint density at radius 1 is 1.25 bits per heavy atom. The molecule has 0 aliphatic heterocycles. The molecular formula is C15H14N4O. The zero-order valence-electron chi connectivity index (χ0n) is 11.3. The first-order valence-electron chi connectivity index (χ1n) is 6.32. The largest absolute Gasteiger partial charge is 0.372 e.